The summed E-state index contributed by atoms with van der Waals surface area (Å²) >= 11 is 0. The third-order valence-corrected chi connectivity index (χ3v) is 3.45. The highest BCUT2D eigenvalue weighted by Crippen LogP contribution is 2.61. The molecular formula is C8H13FO4. The molecule has 2 saturated carbocycles. The lowest BCUT2D eigenvalue weighted by molar-refractivity contribution is -0.143. The molecule has 0 unspecified atom stereocenters. The van der Waals surface area contributed by atoms with Crippen LogP contribution in [0.2, 0.25) is 0 Å². The molecule has 5 heteroatoms. The summed E-state index contributed by atoms with van der Waals surface area (Å²) in [5.74, 6) is -0.411. The van der Waals surface area contributed by atoms with Crippen molar-refractivity contribution in [2.24, 2.45) is 11.3 Å². The highest BCUT2D eigenvalue weighted by Gasteiger charge is 2.69. The lowest BCUT2D eigenvalue weighted by Gasteiger charge is -2.35. The normalized spacial score (nSPS) is 60.2. The lowest BCUT2D eigenvalue weighted by Crippen LogP contribution is -2.53. The van der Waals surface area contributed by atoms with Gasteiger partial charge in [0.1, 0.15) is 6.10 Å². The van der Waals surface area contributed by atoms with Crippen LogP contribution in [-0.2, 0) is 0 Å². The molecule has 0 aromatic rings. The minimum Gasteiger partial charge on any atom is -0.396 e. The molecule has 2 rings (SSSR count). The van der Waals surface area contributed by atoms with Crippen LogP contribution in [0.15, 0.2) is 0 Å². The Morgan fingerprint density at radius 1 is 1.23 bits per heavy atom. The van der Waals surface area contributed by atoms with Crippen LogP contribution in [0, 0.1) is 11.3 Å². The number of hydrogen-bond donors (Lipinski definition) is 4. The number of hydrogen-bond acceptors (Lipinski definition) is 4. The van der Waals surface area contributed by atoms with Crippen molar-refractivity contribution in [1.82, 2.24) is 0 Å². The van der Waals surface area contributed by atoms with E-state index in [2.05, 4.69) is 0 Å². The summed E-state index contributed by atoms with van der Waals surface area (Å²) in [7, 11) is 0. The van der Waals surface area contributed by atoms with Gasteiger partial charge in [-0.25, -0.2) is 4.39 Å². The number of fused-ring (bicyclic) bond motifs is 1. The molecule has 0 saturated heterocycles. The van der Waals surface area contributed by atoms with Crippen molar-refractivity contribution in [3.8, 4) is 0 Å². The second-order valence-electron chi connectivity index (χ2n) is 4.07. The summed E-state index contributed by atoms with van der Waals surface area (Å²) in [5.41, 5.74) is -0.860. The predicted molar refractivity (Wildman–Crippen MR) is 40.5 cm³/mol. The monoisotopic (exact) mass is 192 g/mol. The Labute approximate surface area is 74.6 Å². The van der Waals surface area contributed by atoms with E-state index in [1.165, 1.54) is 0 Å². The molecule has 0 amide bonds. The van der Waals surface area contributed by atoms with Crippen molar-refractivity contribution in [3.05, 3.63) is 0 Å². The van der Waals surface area contributed by atoms with Gasteiger partial charge in [0.2, 0.25) is 0 Å². The smallest absolute Gasteiger partial charge is 0.154 e. The number of rotatable bonds is 1. The average Bonchev–Trinajstić information content (AvgIpc) is 2.87. The molecule has 0 heterocycles. The van der Waals surface area contributed by atoms with E-state index in [0.29, 0.717) is 6.42 Å². The van der Waals surface area contributed by atoms with Crippen LogP contribution in [0.1, 0.15) is 6.42 Å². The van der Waals surface area contributed by atoms with Crippen LogP contribution in [-0.4, -0.2) is 51.5 Å². The molecular weight excluding hydrogens is 179 g/mol. The molecule has 6 atom stereocenters. The molecule has 2 fully saturated rings. The van der Waals surface area contributed by atoms with Gasteiger partial charge >= 0.3 is 0 Å². The summed E-state index contributed by atoms with van der Waals surface area (Å²) in [6.07, 6.45) is -5.53. The Balaban J connectivity index is 2.22. The van der Waals surface area contributed by atoms with E-state index >= 15 is 0 Å². The molecule has 0 spiro atoms. The Kier molecular flexibility index (Phi) is 1.89. The van der Waals surface area contributed by atoms with E-state index in [4.69, 9.17) is 5.11 Å². The van der Waals surface area contributed by atoms with Gasteiger partial charge in [0.25, 0.3) is 0 Å². The summed E-state index contributed by atoms with van der Waals surface area (Å²) in [6, 6.07) is 0. The van der Waals surface area contributed by atoms with E-state index in [0.717, 1.165) is 0 Å². The predicted octanol–water partition coefficient (Wildman–Crippen LogP) is -1.58. The summed E-state index contributed by atoms with van der Waals surface area (Å²) in [4.78, 5) is 0. The average molecular weight is 192 g/mol. The van der Waals surface area contributed by atoms with Gasteiger partial charge < -0.3 is 20.4 Å². The molecule has 4 N–H and O–H groups in total. The second kappa shape index (κ2) is 2.63. The fraction of sp³-hybridized carbons (Fsp3) is 1.00. The fourth-order valence-corrected chi connectivity index (χ4v) is 2.36. The maximum absolute atomic E-state index is 13.1. The Morgan fingerprint density at radius 2 is 1.85 bits per heavy atom. The van der Waals surface area contributed by atoms with Crippen LogP contribution in [0.4, 0.5) is 4.39 Å². The van der Waals surface area contributed by atoms with Crippen LogP contribution in [0.25, 0.3) is 0 Å². The van der Waals surface area contributed by atoms with Crippen molar-refractivity contribution in [3.63, 3.8) is 0 Å². The van der Waals surface area contributed by atoms with Crippen molar-refractivity contribution in [2.75, 3.05) is 6.61 Å². The maximum Gasteiger partial charge on any atom is 0.154 e. The molecule has 0 aromatic heterocycles. The standard InChI is InChI=1S/C8H13FO4/c9-4-5(11)3-1-8(3,2-10)7(13)6(4)12/h3-7,10-13H,1-2H2/t3-,4+,5-,6-,7-,8+/m1/s1. The van der Waals surface area contributed by atoms with Crippen molar-refractivity contribution in [1.29, 1.82) is 0 Å². The number of aliphatic hydroxyl groups is 4. The Bertz CT molecular complexity index is 224. The molecule has 13 heavy (non-hydrogen) atoms. The third kappa shape index (κ3) is 0.985. The Hall–Kier alpha value is -0.230. The van der Waals surface area contributed by atoms with Gasteiger partial charge in [-0.2, -0.15) is 0 Å². The molecule has 0 aliphatic heterocycles. The molecule has 4 nitrogen and oxygen atoms in total. The topological polar surface area (TPSA) is 80.9 Å². The molecule has 2 aliphatic rings. The van der Waals surface area contributed by atoms with Crippen molar-refractivity contribution >= 4 is 0 Å². The number of alkyl halides is 1. The third-order valence-electron chi connectivity index (χ3n) is 3.45. The largest absolute Gasteiger partial charge is 0.396 e. The molecule has 0 radical (unpaired) electrons. The summed E-state index contributed by atoms with van der Waals surface area (Å²) in [6.45, 7) is -0.320. The number of aliphatic hydroxyl groups excluding tert-OH is 4. The zero-order chi connectivity index (χ0) is 9.80. The van der Waals surface area contributed by atoms with E-state index in [1.807, 2.05) is 0 Å². The maximum atomic E-state index is 13.1. The molecule has 0 bridgehead atoms. The molecule has 2 aliphatic carbocycles. The minimum absolute atomic E-state index is 0.320. The van der Waals surface area contributed by atoms with E-state index in [9.17, 15) is 19.7 Å². The highest BCUT2D eigenvalue weighted by atomic mass is 19.1. The van der Waals surface area contributed by atoms with Crippen LogP contribution >= 0.6 is 0 Å². The van der Waals surface area contributed by atoms with Crippen molar-refractivity contribution < 1.29 is 24.8 Å². The zero-order valence-corrected chi connectivity index (χ0v) is 6.97. The zero-order valence-electron chi connectivity index (χ0n) is 6.97. The van der Waals surface area contributed by atoms with Gasteiger partial charge in [0.15, 0.2) is 6.17 Å². The van der Waals surface area contributed by atoms with Gasteiger partial charge in [-0.1, -0.05) is 0 Å². The first-order chi connectivity index (χ1) is 6.04. The van der Waals surface area contributed by atoms with E-state index in [-0.39, 0.29) is 6.61 Å². The van der Waals surface area contributed by atoms with Crippen LogP contribution in [0.5, 0.6) is 0 Å². The summed E-state index contributed by atoms with van der Waals surface area (Å²) in [5, 5.41) is 37.0. The van der Waals surface area contributed by atoms with Gasteiger partial charge in [-0.05, 0) is 12.3 Å². The van der Waals surface area contributed by atoms with Crippen molar-refractivity contribution in [2.45, 2.75) is 30.9 Å². The van der Waals surface area contributed by atoms with Gasteiger partial charge in [0.05, 0.1) is 18.8 Å². The lowest BCUT2D eigenvalue weighted by atomic mass is 9.81. The first kappa shape index (κ1) is 9.33. The summed E-state index contributed by atoms with van der Waals surface area (Å²) < 4.78 is 13.1. The van der Waals surface area contributed by atoms with Gasteiger partial charge in [-0.3, -0.25) is 0 Å². The van der Waals surface area contributed by atoms with E-state index < -0.39 is 35.8 Å². The number of halogens is 1. The first-order valence-electron chi connectivity index (χ1n) is 4.34. The quantitative estimate of drug-likeness (QED) is 0.404. The van der Waals surface area contributed by atoms with Gasteiger partial charge in [-0.15, -0.1) is 0 Å². The fourth-order valence-electron chi connectivity index (χ4n) is 2.36. The Morgan fingerprint density at radius 3 is 2.38 bits per heavy atom. The minimum atomic E-state index is -1.80. The molecule has 0 aromatic carbocycles. The SMILES string of the molecule is OC[C@@]12C[C@@H]1[C@@H](O)[C@H](F)[C@@H](O)[C@H]2O. The van der Waals surface area contributed by atoms with Gasteiger partial charge in [0, 0.05) is 5.41 Å². The second-order valence-corrected chi connectivity index (χ2v) is 4.07. The first-order valence-corrected chi connectivity index (χ1v) is 4.34. The van der Waals surface area contributed by atoms with Crippen LogP contribution in [0.3, 0.4) is 0 Å². The molecule has 76 valence electrons. The van der Waals surface area contributed by atoms with E-state index in [1.54, 1.807) is 0 Å². The highest BCUT2D eigenvalue weighted by molar-refractivity contribution is 5.17. The van der Waals surface area contributed by atoms with Crippen LogP contribution < -0.4 is 0 Å².